The van der Waals surface area contributed by atoms with Crippen molar-refractivity contribution in [2.75, 3.05) is 19.5 Å². The van der Waals surface area contributed by atoms with Crippen LogP contribution in [0, 0.1) is 13.8 Å². The Bertz CT molecular complexity index is 942. The van der Waals surface area contributed by atoms with Crippen LogP contribution < -0.4 is 14.8 Å². The summed E-state index contributed by atoms with van der Waals surface area (Å²) in [6.45, 7) is 4.05. The molecule has 2 aromatic heterocycles. The number of nitrogens with one attached hydrogen (secondary N) is 2. The lowest BCUT2D eigenvalue weighted by Crippen LogP contribution is -1.99. The maximum Gasteiger partial charge on any atom is 0.161 e. The first-order valence-corrected chi connectivity index (χ1v) is 8.14. The van der Waals surface area contributed by atoms with Gasteiger partial charge in [-0.15, -0.1) is 0 Å². The van der Waals surface area contributed by atoms with Gasteiger partial charge >= 0.3 is 0 Å². The fourth-order valence-corrected chi connectivity index (χ4v) is 3.38. The van der Waals surface area contributed by atoms with Crippen molar-refractivity contribution in [1.29, 1.82) is 0 Å². The summed E-state index contributed by atoms with van der Waals surface area (Å²) in [6.07, 6.45) is 0.786. The highest BCUT2D eigenvalue weighted by Crippen LogP contribution is 2.44. The van der Waals surface area contributed by atoms with Crippen molar-refractivity contribution in [3.8, 4) is 22.8 Å². The van der Waals surface area contributed by atoms with Crippen LogP contribution in [0.15, 0.2) is 24.3 Å². The van der Waals surface area contributed by atoms with Gasteiger partial charge in [-0.2, -0.15) is 5.10 Å². The summed E-state index contributed by atoms with van der Waals surface area (Å²) in [5, 5.41) is 11.0. The molecule has 0 aliphatic heterocycles. The Kier molecular flexibility index (Phi) is 3.60. The molecular weight excluding hydrogens is 316 g/mol. The maximum absolute atomic E-state index is 5.42. The molecule has 4 rings (SSSR count). The van der Waals surface area contributed by atoms with Gasteiger partial charge in [-0.05, 0) is 49.2 Å². The van der Waals surface area contributed by atoms with Crippen LogP contribution >= 0.6 is 0 Å². The molecule has 1 aliphatic carbocycles. The Morgan fingerprint density at radius 1 is 1.04 bits per heavy atom. The third kappa shape index (κ3) is 2.59. The van der Waals surface area contributed by atoms with Crippen LogP contribution in [0.25, 0.3) is 11.3 Å². The number of methoxy groups -OCH3 is 2. The van der Waals surface area contributed by atoms with Crippen LogP contribution in [0.2, 0.25) is 0 Å². The minimum Gasteiger partial charge on any atom is -0.493 e. The number of rotatable bonds is 4. The Labute approximate surface area is 146 Å². The molecule has 1 aromatic carbocycles. The van der Waals surface area contributed by atoms with Crippen LogP contribution in [0.4, 0.5) is 11.6 Å². The van der Waals surface area contributed by atoms with Crippen LogP contribution in [-0.4, -0.2) is 29.4 Å². The van der Waals surface area contributed by atoms with Crippen molar-refractivity contribution in [2.24, 2.45) is 0 Å². The zero-order valence-corrected chi connectivity index (χ0v) is 14.7. The number of nitrogens with zero attached hydrogens (tertiary/aromatic N) is 2. The third-order valence-corrected chi connectivity index (χ3v) is 4.45. The molecular formula is C19H20N4O2. The maximum atomic E-state index is 5.42. The first kappa shape index (κ1) is 15.5. The van der Waals surface area contributed by atoms with Crippen LogP contribution in [-0.2, 0) is 6.42 Å². The van der Waals surface area contributed by atoms with Gasteiger partial charge in [0.2, 0.25) is 0 Å². The standard InChI is InChI=1S/C19H20N4O2/c1-10-5-11(2)20-17(6-10)21-19-14-7-12-8-15(24-3)16(25-4)9-13(12)18(14)22-23-19/h5-6,8-9H,7H2,1-4H3,(H2,20,21,22,23). The SMILES string of the molecule is COc1cc2c(cc1OC)-c1n[nH]c(Nc3cc(C)cc(C)n3)c1C2. The van der Waals surface area contributed by atoms with Crippen molar-refractivity contribution < 1.29 is 9.47 Å². The first-order valence-electron chi connectivity index (χ1n) is 8.14. The predicted octanol–water partition coefficient (Wildman–Crippen LogP) is 3.75. The fourth-order valence-electron chi connectivity index (χ4n) is 3.38. The number of hydrogen-bond donors (Lipinski definition) is 2. The van der Waals surface area contributed by atoms with E-state index in [-0.39, 0.29) is 0 Å². The first-order chi connectivity index (χ1) is 12.1. The summed E-state index contributed by atoms with van der Waals surface area (Å²) < 4.78 is 10.8. The average Bonchev–Trinajstić information content (AvgIpc) is 3.12. The van der Waals surface area contributed by atoms with E-state index in [4.69, 9.17) is 9.47 Å². The molecule has 6 nitrogen and oxygen atoms in total. The zero-order chi connectivity index (χ0) is 17.6. The molecule has 0 saturated carbocycles. The summed E-state index contributed by atoms with van der Waals surface area (Å²) >= 11 is 0. The molecule has 0 radical (unpaired) electrons. The minimum absolute atomic E-state index is 0.711. The molecule has 2 heterocycles. The minimum atomic E-state index is 0.711. The van der Waals surface area contributed by atoms with Crippen molar-refractivity contribution in [1.82, 2.24) is 15.2 Å². The monoisotopic (exact) mass is 336 g/mol. The molecule has 0 saturated heterocycles. The Hall–Kier alpha value is -3.02. The summed E-state index contributed by atoms with van der Waals surface area (Å²) in [4.78, 5) is 4.54. The Morgan fingerprint density at radius 2 is 1.80 bits per heavy atom. The number of fused-ring (bicyclic) bond motifs is 3. The molecule has 128 valence electrons. The second kappa shape index (κ2) is 5.81. The number of ether oxygens (including phenoxy) is 2. The van der Waals surface area contributed by atoms with Gasteiger partial charge in [-0.3, -0.25) is 5.10 Å². The second-order valence-corrected chi connectivity index (χ2v) is 6.26. The molecule has 0 amide bonds. The molecule has 1 aliphatic rings. The van der Waals surface area contributed by atoms with E-state index in [1.807, 2.05) is 25.1 Å². The number of anilines is 2. The van der Waals surface area contributed by atoms with Gasteiger partial charge in [0.25, 0.3) is 0 Å². The van der Waals surface area contributed by atoms with Crippen molar-refractivity contribution in [2.45, 2.75) is 20.3 Å². The second-order valence-electron chi connectivity index (χ2n) is 6.26. The van der Waals surface area contributed by atoms with Crippen molar-refractivity contribution >= 4 is 11.6 Å². The van der Waals surface area contributed by atoms with Gasteiger partial charge in [-0.1, -0.05) is 0 Å². The van der Waals surface area contributed by atoms with E-state index in [9.17, 15) is 0 Å². The van der Waals surface area contributed by atoms with Crippen molar-refractivity contribution in [3.63, 3.8) is 0 Å². The summed E-state index contributed by atoms with van der Waals surface area (Å²) in [6, 6.07) is 8.08. The van der Waals surface area contributed by atoms with E-state index in [0.717, 1.165) is 46.3 Å². The molecule has 25 heavy (non-hydrogen) atoms. The molecule has 0 atom stereocenters. The molecule has 2 N–H and O–H groups in total. The number of benzene rings is 1. The van der Waals surface area contributed by atoms with Crippen LogP contribution in [0.3, 0.4) is 0 Å². The largest absolute Gasteiger partial charge is 0.493 e. The Morgan fingerprint density at radius 3 is 2.52 bits per heavy atom. The predicted molar refractivity (Wildman–Crippen MR) is 96.9 cm³/mol. The molecule has 3 aromatic rings. The molecule has 0 spiro atoms. The van der Waals surface area contributed by atoms with E-state index in [1.54, 1.807) is 14.2 Å². The van der Waals surface area contributed by atoms with Gasteiger partial charge in [-0.25, -0.2) is 4.98 Å². The Balaban J connectivity index is 1.71. The third-order valence-electron chi connectivity index (χ3n) is 4.45. The number of H-pyrrole nitrogens is 1. The van der Waals surface area contributed by atoms with Crippen LogP contribution in [0.5, 0.6) is 11.5 Å². The number of aromatic amines is 1. The van der Waals surface area contributed by atoms with Gasteiger partial charge < -0.3 is 14.8 Å². The van der Waals surface area contributed by atoms with Gasteiger partial charge in [0.1, 0.15) is 11.6 Å². The fraction of sp³-hybridized carbons (Fsp3) is 0.263. The van der Waals surface area contributed by atoms with E-state index < -0.39 is 0 Å². The molecule has 6 heteroatoms. The molecule has 0 unspecified atom stereocenters. The zero-order valence-electron chi connectivity index (χ0n) is 14.7. The number of hydrogen-bond acceptors (Lipinski definition) is 5. The number of aryl methyl sites for hydroxylation is 2. The van der Waals surface area contributed by atoms with Gasteiger partial charge in [0, 0.05) is 23.2 Å². The topological polar surface area (TPSA) is 72.1 Å². The smallest absolute Gasteiger partial charge is 0.161 e. The van der Waals surface area contributed by atoms with Crippen molar-refractivity contribution in [3.05, 3.63) is 46.6 Å². The van der Waals surface area contributed by atoms with E-state index in [0.29, 0.717) is 5.75 Å². The van der Waals surface area contributed by atoms with Crippen LogP contribution in [0.1, 0.15) is 22.4 Å². The summed E-state index contributed by atoms with van der Waals surface area (Å²) in [7, 11) is 3.29. The highest BCUT2D eigenvalue weighted by molar-refractivity contribution is 5.81. The quantitative estimate of drug-likeness (QED) is 0.594. The lowest BCUT2D eigenvalue weighted by Gasteiger charge is -2.10. The highest BCUT2D eigenvalue weighted by atomic mass is 16.5. The highest BCUT2D eigenvalue weighted by Gasteiger charge is 2.27. The van der Waals surface area contributed by atoms with E-state index >= 15 is 0 Å². The number of pyridine rings is 1. The van der Waals surface area contributed by atoms with E-state index in [2.05, 4.69) is 33.5 Å². The lowest BCUT2D eigenvalue weighted by atomic mass is 10.1. The molecule has 0 fully saturated rings. The van der Waals surface area contributed by atoms with E-state index in [1.165, 1.54) is 11.1 Å². The number of aromatic nitrogens is 3. The molecule has 0 bridgehead atoms. The van der Waals surface area contributed by atoms with Gasteiger partial charge in [0.15, 0.2) is 11.5 Å². The van der Waals surface area contributed by atoms with Gasteiger partial charge in [0.05, 0.1) is 19.9 Å². The normalized spacial score (nSPS) is 11.8. The average molecular weight is 336 g/mol. The lowest BCUT2D eigenvalue weighted by molar-refractivity contribution is 0.355. The summed E-state index contributed by atoms with van der Waals surface area (Å²) in [5.41, 5.74) is 6.49. The summed E-state index contributed by atoms with van der Waals surface area (Å²) in [5.74, 6) is 3.14.